The first-order valence-corrected chi connectivity index (χ1v) is 7.14. The third-order valence-electron chi connectivity index (χ3n) is 4.89. The van der Waals surface area contributed by atoms with E-state index in [0.717, 1.165) is 12.5 Å². The molecule has 0 radical (unpaired) electrons. The van der Waals surface area contributed by atoms with Gasteiger partial charge < -0.3 is 5.32 Å². The quantitative estimate of drug-likeness (QED) is 0.808. The Hall–Kier alpha value is -0.530. The van der Waals surface area contributed by atoms with Crippen molar-refractivity contribution in [2.24, 2.45) is 5.92 Å². The van der Waals surface area contributed by atoms with Crippen LogP contribution in [-0.2, 0) is 12.0 Å². The molecule has 0 amide bonds. The zero-order valence-corrected chi connectivity index (χ0v) is 12.1. The van der Waals surface area contributed by atoms with Crippen LogP contribution in [0, 0.1) is 5.92 Å². The minimum absolute atomic E-state index is 0. The van der Waals surface area contributed by atoms with Gasteiger partial charge in [-0.05, 0) is 43.2 Å². The van der Waals surface area contributed by atoms with Crippen molar-refractivity contribution in [2.75, 3.05) is 6.54 Å². The summed E-state index contributed by atoms with van der Waals surface area (Å²) in [4.78, 5) is 0. The van der Waals surface area contributed by atoms with Gasteiger partial charge in [-0.1, -0.05) is 43.5 Å². The van der Waals surface area contributed by atoms with Crippen LogP contribution in [0.5, 0.6) is 0 Å². The molecule has 1 saturated carbocycles. The number of rotatable bonds is 1. The molecule has 0 spiro atoms. The maximum Gasteiger partial charge on any atom is 0.0437 e. The number of nitrogens with one attached hydrogen (secondary N) is 1. The van der Waals surface area contributed by atoms with Crippen LogP contribution in [0.3, 0.4) is 0 Å². The van der Waals surface area contributed by atoms with E-state index in [0.29, 0.717) is 0 Å². The lowest BCUT2D eigenvalue weighted by Crippen LogP contribution is -2.50. The van der Waals surface area contributed by atoms with E-state index < -0.39 is 0 Å². The average molecular weight is 266 g/mol. The van der Waals surface area contributed by atoms with Crippen molar-refractivity contribution < 1.29 is 0 Å². The number of fused-ring (bicyclic) bond motifs is 1. The van der Waals surface area contributed by atoms with Crippen LogP contribution in [0.2, 0.25) is 0 Å². The smallest absolute Gasteiger partial charge is 0.0437 e. The molecule has 1 N–H and O–H groups in total. The fourth-order valence-electron chi connectivity index (χ4n) is 3.84. The largest absolute Gasteiger partial charge is 0.307 e. The molecule has 0 saturated heterocycles. The summed E-state index contributed by atoms with van der Waals surface area (Å²) in [6.07, 6.45) is 8.27. The fourth-order valence-corrected chi connectivity index (χ4v) is 3.84. The lowest BCUT2D eigenvalue weighted by Gasteiger charge is -2.45. The number of benzene rings is 1. The van der Waals surface area contributed by atoms with Gasteiger partial charge in [-0.25, -0.2) is 0 Å². The highest BCUT2D eigenvalue weighted by Crippen LogP contribution is 2.41. The normalized spacial score (nSPS) is 28.3. The van der Waals surface area contributed by atoms with E-state index in [9.17, 15) is 0 Å². The standard InChI is InChI=1S/C16H23N.ClH/c1-16(14-8-3-2-4-9-14)15-10-6-5-7-13(15)11-12-17-16;/h5-7,10,14,17H,2-4,8-9,11-12H2,1H3;1H. The summed E-state index contributed by atoms with van der Waals surface area (Å²) in [5.41, 5.74) is 3.37. The van der Waals surface area contributed by atoms with Gasteiger partial charge in [0.05, 0.1) is 0 Å². The third-order valence-corrected chi connectivity index (χ3v) is 4.89. The molecule has 0 bridgehead atoms. The van der Waals surface area contributed by atoms with Gasteiger partial charge in [-0.3, -0.25) is 0 Å². The Morgan fingerprint density at radius 1 is 1.11 bits per heavy atom. The second-order valence-electron chi connectivity index (χ2n) is 5.87. The molecule has 100 valence electrons. The number of hydrogen-bond acceptors (Lipinski definition) is 1. The van der Waals surface area contributed by atoms with E-state index in [4.69, 9.17) is 0 Å². The molecule has 1 aliphatic heterocycles. The van der Waals surface area contributed by atoms with Crippen molar-refractivity contribution in [3.05, 3.63) is 35.4 Å². The van der Waals surface area contributed by atoms with Crippen LogP contribution in [0.4, 0.5) is 0 Å². The first-order chi connectivity index (χ1) is 8.31. The first kappa shape index (κ1) is 13.9. The Kier molecular flexibility index (Phi) is 4.34. The number of halogens is 1. The molecule has 2 aliphatic rings. The van der Waals surface area contributed by atoms with Crippen LogP contribution in [-0.4, -0.2) is 6.54 Å². The van der Waals surface area contributed by atoms with Gasteiger partial charge >= 0.3 is 0 Å². The predicted molar refractivity (Wildman–Crippen MR) is 79.3 cm³/mol. The molecule has 1 fully saturated rings. The van der Waals surface area contributed by atoms with Crippen molar-refractivity contribution >= 4 is 12.4 Å². The van der Waals surface area contributed by atoms with Gasteiger partial charge in [0, 0.05) is 12.1 Å². The Labute approximate surface area is 117 Å². The maximum atomic E-state index is 3.82. The van der Waals surface area contributed by atoms with E-state index in [-0.39, 0.29) is 17.9 Å². The van der Waals surface area contributed by atoms with Gasteiger partial charge in [0.25, 0.3) is 0 Å². The molecule has 0 aromatic heterocycles. The Morgan fingerprint density at radius 2 is 1.83 bits per heavy atom. The summed E-state index contributed by atoms with van der Waals surface area (Å²) in [5.74, 6) is 0.831. The van der Waals surface area contributed by atoms with E-state index in [1.807, 2.05) is 0 Å². The molecule has 1 atom stereocenters. The molecule has 2 heteroatoms. The van der Waals surface area contributed by atoms with Crippen molar-refractivity contribution in [3.63, 3.8) is 0 Å². The minimum atomic E-state index is 0. The fraction of sp³-hybridized carbons (Fsp3) is 0.625. The zero-order valence-electron chi connectivity index (χ0n) is 11.2. The van der Waals surface area contributed by atoms with Crippen LogP contribution in [0.25, 0.3) is 0 Å². The van der Waals surface area contributed by atoms with Gasteiger partial charge in [0.2, 0.25) is 0 Å². The summed E-state index contributed by atoms with van der Waals surface area (Å²) in [5, 5.41) is 3.82. The summed E-state index contributed by atoms with van der Waals surface area (Å²) < 4.78 is 0. The molecule has 1 aromatic rings. The first-order valence-electron chi connectivity index (χ1n) is 7.14. The summed E-state index contributed by atoms with van der Waals surface area (Å²) >= 11 is 0. The topological polar surface area (TPSA) is 12.0 Å². The minimum Gasteiger partial charge on any atom is -0.307 e. The zero-order chi connectivity index (χ0) is 11.7. The van der Waals surface area contributed by atoms with Crippen molar-refractivity contribution in [1.29, 1.82) is 0 Å². The van der Waals surface area contributed by atoms with E-state index in [2.05, 4.69) is 36.5 Å². The van der Waals surface area contributed by atoms with Gasteiger partial charge in [0.1, 0.15) is 0 Å². The maximum absolute atomic E-state index is 3.82. The number of hydrogen-bond donors (Lipinski definition) is 1. The molecule has 1 aromatic carbocycles. The SMILES string of the molecule is CC1(C2CCCCC2)NCCc2ccccc21.Cl. The molecule has 1 aliphatic carbocycles. The van der Waals surface area contributed by atoms with Crippen molar-refractivity contribution in [2.45, 2.75) is 51.0 Å². The molecule has 1 nitrogen and oxygen atoms in total. The Bertz CT molecular complexity index is 398. The highest BCUT2D eigenvalue weighted by Gasteiger charge is 2.38. The third kappa shape index (κ3) is 2.31. The van der Waals surface area contributed by atoms with Crippen LogP contribution >= 0.6 is 12.4 Å². The summed E-state index contributed by atoms with van der Waals surface area (Å²) in [6, 6.07) is 9.05. The summed E-state index contributed by atoms with van der Waals surface area (Å²) in [7, 11) is 0. The van der Waals surface area contributed by atoms with E-state index in [1.54, 1.807) is 11.1 Å². The van der Waals surface area contributed by atoms with Crippen molar-refractivity contribution in [1.82, 2.24) is 5.32 Å². The van der Waals surface area contributed by atoms with Gasteiger partial charge in [-0.15, -0.1) is 12.4 Å². The van der Waals surface area contributed by atoms with Gasteiger partial charge in [0.15, 0.2) is 0 Å². The molecular formula is C16H24ClN. The van der Waals surface area contributed by atoms with Crippen LogP contribution in [0.1, 0.15) is 50.2 Å². The Morgan fingerprint density at radius 3 is 2.61 bits per heavy atom. The highest BCUT2D eigenvalue weighted by molar-refractivity contribution is 5.85. The average Bonchev–Trinajstić information content (AvgIpc) is 2.40. The molecule has 3 rings (SSSR count). The predicted octanol–water partition coefficient (Wildman–Crippen LogP) is 4.05. The van der Waals surface area contributed by atoms with Gasteiger partial charge in [-0.2, -0.15) is 0 Å². The van der Waals surface area contributed by atoms with Crippen molar-refractivity contribution in [3.8, 4) is 0 Å². The molecule has 1 heterocycles. The lowest BCUT2D eigenvalue weighted by atomic mass is 9.69. The highest BCUT2D eigenvalue weighted by atomic mass is 35.5. The molecule has 18 heavy (non-hydrogen) atoms. The molecular weight excluding hydrogens is 242 g/mol. The van der Waals surface area contributed by atoms with E-state index in [1.165, 1.54) is 38.5 Å². The van der Waals surface area contributed by atoms with E-state index >= 15 is 0 Å². The monoisotopic (exact) mass is 265 g/mol. The Balaban J connectivity index is 0.00000120. The second-order valence-corrected chi connectivity index (χ2v) is 5.87. The summed E-state index contributed by atoms with van der Waals surface area (Å²) in [6.45, 7) is 3.57. The van der Waals surface area contributed by atoms with Crippen LogP contribution in [0.15, 0.2) is 24.3 Å². The lowest BCUT2D eigenvalue weighted by molar-refractivity contribution is 0.169. The second kappa shape index (κ2) is 5.63. The molecule has 1 unspecified atom stereocenters. The van der Waals surface area contributed by atoms with Crippen LogP contribution < -0.4 is 5.32 Å².